The highest BCUT2D eigenvalue weighted by molar-refractivity contribution is 5.85. The van der Waals surface area contributed by atoms with Crippen molar-refractivity contribution in [3.05, 3.63) is 0 Å². The van der Waals surface area contributed by atoms with E-state index >= 15 is 0 Å². The van der Waals surface area contributed by atoms with Crippen LogP contribution in [0.25, 0.3) is 0 Å². The quantitative estimate of drug-likeness (QED) is 0.241. The van der Waals surface area contributed by atoms with Crippen LogP contribution in [0.15, 0.2) is 0 Å². The molecule has 3 heteroatoms. The number of rotatable bonds is 16. The summed E-state index contributed by atoms with van der Waals surface area (Å²) >= 11 is 0. The van der Waals surface area contributed by atoms with Crippen molar-refractivity contribution in [3.63, 3.8) is 0 Å². The molecule has 30 heavy (non-hydrogen) atoms. The van der Waals surface area contributed by atoms with Crippen molar-refractivity contribution in [2.75, 3.05) is 7.05 Å². The van der Waals surface area contributed by atoms with Gasteiger partial charge in [0.15, 0.2) is 0 Å². The zero-order valence-corrected chi connectivity index (χ0v) is 21.0. The lowest BCUT2D eigenvalue weighted by Gasteiger charge is -2.62. The SMILES string of the molecule is CCCCCCCCCCCCCCC(O)CC1(NC)C2CC3CC(C2)CC1C3.Cl. The first kappa shape index (κ1) is 26.5. The minimum absolute atomic E-state index is 0. The highest BCUT2D eigenvalue weighted by atomic mass is 35.5. The lowest BCUT2D eigenvalue weighted by Crippen LogP contribution is -2.65. The minimum atomic E-state index is -0.0944. The molecule has 4 fully saturated rings. The van der Waals surface area contributed by atoms with Crippen molar-refractivity contribution in [2.45, 2.75) is 141 Å². The fourth-order valence-electron chi connectivity index (χ4n) is 7.58. The van der Waals surface area contributed by atoms with E-state index in [0.29, 0.717) is 0 Å². The van der Waals surface area contributed by atoms with Gasteiger partial charge in [-0.1, -0.05) is 84.0 Å². The first-order valence-electron chi connectivity index (χ1n) is 13.5. The number of hydrogen-bond acceptors (Lipinski definition) is 2. The lowest BCUT2D eigenvalue weighted by atomic mass is 9.47. The topological polar surface area (TPSA) is 32.3 Å². The van der Waals surface area contributed by atoms with Gasteiger partial charge in [-0.3, -0.25) is 0 Å². The van der Waals surface area contributed by atoms with Crippen LogP contribution in [0.2, 0.25) is 0 Å². The van der Waals surface area contributed by atoms with Gasteiger partial charge in [0.1, 0.15) is 0 Å². The van der Waals surface area contributed by atoms with Crippen LogP contribution in [-0.2, 0) is 0 Å². The summed E-state index contributed by atoms with van der Waals surface area (Å²) in [5.41, 5.74) is 0.254. The van der Waals surface area contributed by atoms with Crippen molar-refractivity contribution in [3.8, 4) is 0 Å². The molecule has 4 aliphatic rings. The zero-order valence-electron chi connectivity index (χ0n) is 20.2. The van der Waals surface area contributed by atoms with E-state index in [2.05, 4.69) is 19.3 Å². The molecule has 4 saturated carbocycles. The van der Waals surface area contributed by atoms with E-state index in [4.69, 9.17) is 0 Å². The van der Waals surface area contributed by atoms with E-state index in [1.165, 1.54) is 109 Å². The smallest absolute Gasteiger partial charge is 0.0558 e. The molecule has 4 rings (SSSR count). The number of halogens is 1. The molecule has 4 bridgehead atoms. The number of aliphatic hydroxyl groups excluding tert-OH is 1. The summed E-state index contributed by atoms with van der Waals surface area (Å²) in [5.74, 6) is 3.68. The molecule has 0 radical (unpaired) electrons. The Hall–Kier alpha value is 0.210. The Kier molecular flexibility index (Phi) is 12.1. The molecular formula is C27H52ClNO. The summed E-state index contributed by atoms with van der Waals surface area (Å²) in [6.45, 7) is 2.29. The number of hydrogen-bond donors (Lipinski definition) is 2. The lowest BCUT2D eigenvalue weighted by molar-refractivity contribution is -0.0894. The predicted molar refractivity (Wildman–Crippen MR) is 132 cm³/mol. The molecule has 0 aromatic rings. The Morgan fingerprint density at radius 3 is 1.60 bits per heavy atom. The molecule has 0 heterocycles. The molecule has 0 spiro atoms. The Morgan fingerprint density at radius 2 is 1.17 bits per heavy atom. The summed E-state index contributed by atoms with van der Waals surface area (Å²) in [6.07, 6.45) is 25.9. The summed E-state index contributed by atoms with van der Waals surface area (Å²) in [4.78, 5) is 0. The molecule has 0 amide bonds. The van der Waals surface area contributed by atoms with Gasteiger partial charge in [-0.05, 0) is 75.7 Å². The molecular weight excluding hydrogens is 390 g/mol. The molecule has 2 nitrogen and oxygen atoms in total. The average Bonchev–Trinajstić information content (AvgIpc) is 2.71. The summed E-state index contributed by atoms with van der Waals surface area (Å²) in [5, 5.41) is 14.6. The Balaban J connectivity index is 0.00000320. The van der Waals surface area contributed by atoms with Crippen LogP contribution in [0.3, 0.4) is 0 Å². The number of aliphatic hydroxyl groups is 1. The second-order valence-corrected chi connectivity index (χ2v) is 11.1. The van der Waals surface area contributed by atoms with E-state index in [1.54, 1.807) is 0 Å². The van der Waals surface area contributed by atoms with Gasteiger partial charge < -0.3 is 10.4 Å². The monoisotopic (exact) mass is 441 g/mol. The van der Waals surface area contributed by atoms with E-state index in [-0.39, 0.29) is 24.0 Å². The molecule has 4 aliphatic carbocycles. The van der Waals surface area contributed by atoms with Crippen LogP contribution >= 0.6 is 12.4 Å². The van der Waals surface area contributed by atoms with Crippen molar-refractivity contribution in [1.82, 2.24) is 5.32 Å². The van der Waals surface area contributed by atoms with Gasteiger partial charge in [0.2, 0.25) is 0 Å². The molecule has 0 aliphatic heterocycles. The van der Waals surface area contributed by atoms with Gasteiger partial charge in [-0.15, -0.1) is 12.4 Å². The molecule has 1 atom stereocenters. The van der Waals surface area contributed by atoms with E-state index in [9.17, 15) is 5.11 Å². The van der Waals surface area contributed by atoms with Crippen LogP contribution in [0.5, 0.6) is 0 Å². The summed E-state index contributed by atoms with van der Waals surface area (Å²) in [7, 11) is 2.18. The molecule has 178 valence electrons. The van der Waals surface area contributed by atoms with E-state index in [0.717, 1.165) is 36.5 Å². The van der Waals surface area contributed by atoms with Gasteiger partial charge in [-0.25, -0.2) is 0 Å². The van der Waals surface area contributed by atoms with Crippen LogP contribution in [-0.4, -0.2) is 23.8 Å². The van der Waals surface area contributed by atoms with Gasteiger partial charge in [0.25, 0.3) is 0 Å². The average molecular weight is 442 g/mol. The van der Waals surface area contributed by atoms with Gasteiger partial charge in [0.05, 0.1) is 6.10 Å². The first-order valence-corrected chi connectivity index (χ1v) is 13.5. The fourth-order valence-corrected chi connectivity index (χ4v) is 7.58. The summed E-state index contributed by atoms with van der Waals surface area (Å²) in [6, 6.07) is 0. The standard InChI is InChI=1S/C27H51NO.ClH/c1-3-4-5-6-7-8-9-10-11-12-13-14-15-26(29)21-27(28-2)24-17-22-16-23(19-24)20-25(27)18-22;/h22-26,28-29H,3-21H2,1-2H3;1H. The van der Waals surface area contributed by atoms with Crippen LogP contribution in [0.1, 0.15) is 129 Å². The number of nitrogens with one attached hydrogen (secondary N) is 1. The van der Waals surface area contributed by atoms with Crippen molar-refractivity contribution in [2.24, 2.45) is 23.7 Å². The van der Waals surface area contributed by atoms with Crippen LogP contribution < -0.4 is 5.32 Å². The first-order chi connectivity index (χ1) is 14.2. The van der Waals surface area contributed by atoms with Gasteiger partial charge >= 0.3 is 0 Å². The maximum Gasteiger partial charge on any atom is 0.0558 e. The Labute approximate surface area is 194 Å². The van der Waals surface area contributed by atoms with Crippen molar-refractivity contribution >= 4 is 12.4 Å². The molecule has 2 N–H and O–H groups in total. The maximum absolute atomic E-state index is 10.9. The van der Waals surface area contributed by atoms with E-state index < -0.39 is 0 Å². The summed E-state index contributed by atoms with van der Waals surface area (Å²) < 4.78 is 0. The fraction of sp³-hybridized carbons (Fsp3) is 1.00. The van der Waals surface area contributed by atoms with Crippen LogP contribution in [0.4, 0.5) is 0 Å². The Bertz CT molecular complexity index is 426. The van der Waals surface area contributed by atoms with Crippen molar-refractivity contribution < 1.29 is 5.11 Å². The molecule has 1 unspecified atom stereocenters. The molecule has 0 aromatic carbocycles. The predicted octanol–water partition coefficient (Wildman–Crippen LogP) is 7.66. The van der Waals surface area contributed by atoms with Crippen LogP contribution in [0, 0.1) is 23.7 Å². The maximum atomic E-state index is 10.9. The third-order valence-electron chi connectivity index (χ3n) is 9.02. The normalized spacial score (nSPS) is 32.9. The zero-order chi connectivity index (χ0) is 20.5. The third-order valence-corrected chi connectivity index (χ3v) is 9.02. The third kappa shape index (κ3) is 7.11. The minimum Gasteiger partial charge on any atom is -0.393 e. The van der Waals surface area contributed by atoms with Gasteiger partial charge in [-0.2, -0.15) is 0 Å². The largest absolute Gasteiger partial charge is 0.393 e. The van der Waals surface area contributed by atoms with Crippen molar-refractivity contribution in [1.29, 1.82) is 0 Å². The van der Waals surface area contributed by atoms with E-state index in [1.807, 2.05) is 0 Å². The molecule has 0 saturated heterocycles. The Morgan fingerprint density at radius 1 is 0.733 bits per heavy atom. The number of unbranched alkanes of at least 4 members (excludes halogenated alkanes) is 11. The second kappa shape index (κ2) is 13.7. The molecule has 0 aromatic heterocycles. The highest BCUT2D eigenvalue weighted by Gasteiger charge is 2.56. The highest BCUT2D eigenvalue weighted by Crippen LogP contribution is 2.59. The second-order valence-electron chi connectivity index (χ2n) is 11.1. The van der Waals surface area contributed by atoms with Gasteiger partial charge in [0, 0.05) is 5.54 Å².